The number of hydrogen-bond donors (Lipinski definition) is 1. The minimum atomic E-state index is -3.54. The number of thiazole rings is 1. The number of nitrogens with one attached hydrogen (secondary N) is 1. The van der Waals surface area contributed by atoms with Gasteiger partial charge in [-0.05, 0) is 43.4 Å². The lowest BCUT2D eigenvalue weighted by Gasteiger charge is -2.28. The summed E-state index contributed by atoms with van der Waals surface area (Å²) >= 11 is 3.22. The molecule has 0 unspecified atom stereocenters. The van der Waals surface area contributed by atoms with E-state index >= 15 is 0 Å². The summed E-state index contributed by atoms with van der Waals surface area (Å²) in [6, 6.07) is 18.0. The summed E-state index contributed by atoms with van der Waals surface area (Å²) in [5.41, 5.74) is 2.09. The number of rotatable bonds is 6. The van der Waals surface area contributed by atoms with Gasteiger partial charge in [0.1, 0.15) is 0 Å². The third-order valence-electron chi connectivity index (χ3n) is 4.83. The summed E-state index contributed by atoms with van der Waals surface area (Å²) in [7, 11) is -3.54. The smallest absolute Gasteiger partial charge is 0.224 e. The molecule has 2 aromatic carbocycles. The molecule has 1 heterocycles. The average molecular weight is 419 g/mol. The summed E-state index contributed by atoms with van der Waals surface area (Å²) < 4.78 is 29.3. The maximum Gasteiger partial charge on any atom is 0.268 e. The molecular formula is C20H22N2O2S3. The quantitative estimate of drug-likeness (QED) is 0.623. The molecule has 1 N–H and O–H groups in total. The minimum Gasteiger partial charge on any atom is -0.224 e. The first-order chi connectivity index (χ1) is 13.1. The van der Waals surface area contributed by atoms with Crippen molar-refractivity contribution < 1.29 is 8.42 Å². The van der Waals surface area contributed by atoms with Crippen LogP contribution in [0.25, 0.3) is 10.2 Å². The van der Waals surface area contributed by atoms with E-state index in [4.69, 9.17) is 0 Å². The molecule has 1 saturated carbocycles. The van der Waals surface area contributed by atoms with E-state index in [0.717, 1.165) is 41.7 Å². The Kier molecular flexibility index (Phi) is 5.82. The largest absolute Gasteiger partial charge is 0.268 e. The zero-order valence-corrected chi connectivity index (χ0v) is 17.3. The van der Waals surface area contributed by atoms with Crippen LogP contribution in [0.3, 0.4) is 0 Å². The molecule has 0 saturated heterocycles. The number of aromatic nitrogens is 1. The Morgan fingerprint density at radius 1 is 1.00 bits per heavy atom. The fourth-order valence-corrected chi connectivity index (χ4v) is 7.14. The molecule has 27 heavy (non-hydrogen) atoms. The molecule has 1 aliphatic carbocycles. The van der Waals surface area contributed by atoms with Gasteiger partial charge in [-0.15, -0.1) is 11.3 Å². The van der Waals surface area contributed by atoms with Gasteiger partial charge in [0.2, 0.25) is 4.34 Å². The van der Waals surface area contributed by atoms with E-state index in [2.05, 4.69) is 34.0 Å². The lowest BCUT2D eigenvalue weighted by molar-refractivity contribution is 0.419. The van der Waals surface area contributed by atoms with Gasteiger partial charge in [0, 0.05) is 17.0 Å². The van der Waals surface area contributed by atoms with Crippen molar-refractivity contribution in [1.82, 2.24) is 9.71 Å². The van der Waals surface area contributed by atoms with Crippen LogP contribution in [0.2, 0.25) is 0 Å². The first kappa shape index (κ1) is 18.9. The molecule has 0 aliphatic heterocycles. The molecule has 1 fully saturated rings. The number of fused-ring (bicyclic) bond motifs is 1. The normalized spacial score (nSPS) is 20.7. The van der Waals surface area contributed by atoms with Crippen LogP contribution in [0, 0.1) is 0 Å². The predicted octanol–water partition coefficient (Wildman–Crippen LogP) is 4.82. The molecule has 0 atom stereocenters. The number of sulfonamides is 1. The van der Waals surface area contributed by atoms with Gasteiger partial charge in [0.05, 0.1) is 10.2 Å². The van der Waals surface area contributed by atoms with Gasteiger partial charge in [-0.1, -0.05) is 42.5 Å². The highest BCUT2D eigenvalue weighted by molar-refractivity contribution is 7.99. The SMILES string of the molecule is O=S(=O)(NC1CCC(SCc2ccccc2)CC1)c1nc2ccccc2s1. The van der Waals surface area contributed by atoms with Gasteiger partial charge in [-0.2, -0.15) is 11.8 Å². The second-order valence-electron chi connectivity index (χ2n) is 6.84. The Hall–Kier alpha value is -1.41. The van der Waals surface area contributed by atoms with E-state index in [-0.39, 0.29) is 10.4 Å². The van der Waals surface area contributed by atoms with Crippen molar-refractivity contribution in [2.75, 3.05) is 0 Å². The number of para-hydroxylation sites is 1. The van der Waals surface area contributed by atoms with Crippen LogP contribution in [0.1, 0.15) is 31.2 Å². The Labute approximate surface area is 168 Å². The van der Waals surface area contributed by atoms with Crippen molar-refractivity contribution in [2.24, 2.45) is 0 Å². The maximum absolute atomic E-state index is 12.7. The van der Waals surface area contributed by atoms with Crippen LogP contribution in [-0.2, 0) is 15.8 Å². The topological polar surface area (TPSA) is 59.1 Å². The minimum absolute atomic E-state index is 0.00980. The molecule has 0 spiro atoms. The number of thioether (sulfide) groups is 1. The highest BCUT2D eigenvalue weighted by Gasteiger charge is 2.27. The number of hydrogen-bond acceptors (Lipinski definition) is 5. The third kappa shape index (κ3) is 4.71. The van der Waals surface area contributed by atoms with E-state index in [0.29, 0.717) is 5.25 Å². The summed E-state index contributed by atoms with van der Waals surface area (Å²) in [6.07, 6.45) is 3.86. The fraction of sp³-hybridized carbons (Fsp3) is 0.350. The summed E-state index contributed by atoms with van der Waals surface area (Å²) in [6.45, 7) is 0. The van der Waals surface area contributed by atoms with Crippen molar-refractivity contribution in [1.29, 1.82) is 0 Å². The van der Waals surface area contributed by atoms with Crippen LogP contribution in [0.5, 0.6) is 0 Å². The molecule has 142 valence electrons. The van der Waals surface area contributed by atoms with Crippen molar-refractivity contribution in [3.8, 4) is 0 Å². The lowest BCUT2D eigenvalue weighted by atomic mass is 9.96. The summed E-state index contributed by atoms with van der Waals surface area (Å²) in [5.74, 6) is 1.02. The van der Waals surface area contributed by atoms with Gasteiger partial charge in [-0.3, -0.25) is 0 Å². The van der Waals surface area contributed by atoms with Gasteiger partial charge in [0.15, 0.2) is 0 Å². The lowest BCUT2D eigenvalue weighted by Crippen LogP contribution is -2.38. The van der Waals surface area contributed by atoms with Crippen LogP contribution in [-0.4, -0.2) is 24.7 Å². The van der Waals surface area contributed by atoms with Crippen LogP contribution in [0.15, 0.2) is 58.9 Å². The number of benzene rings is 2. The summed E-state index contributed by atoms with van der Waals surface area (Å²) in [4.78, 5) is 4.29. The molecule has 0 bridgehead atoms. The van der Waals surface area contributed by atoms with E-state index in [9.17, 15) is 8.42 Å². The molecule has 4 rings (SSSR count). The van der Waals surface area contributed by atoms with Gasteiger partial charge in [-0.25, -0.2) is 18.1 Å². The van der Waals surface area contributed by atoms with E-state index in [1.807, 2.05) is 42.1 Å². The highest BCUT2D eigenvalue weighted by Crippen LogP contribution is 2.32. The van der Waals surface area contributed by atoms with E-state index < -0.39 is 10.0 Å². The molecule has 1 aromatic heterocycles. The molecule has 0 radical (unpaired) electrons. The van der Waals surface area contributed by atoms with Gasteiger partial charge < -0.3 is 0 Å². The van der Waals surface area contributed by atoms with Crippen LogP contribution >= 0.6 is 23.1 Å². The maximum atomic E-state index is 12.7. The van der Waals surface area contributed by atoms with Crippen molar-refractivity contribution >= 4 is 43.3 Å². The first-order valence-electron chi connectivity index (χ1n) is 9.13. The predicted molar refractivity (Wildman–Crippen MR) is 114 cm³/mol. The molecule has 4 nitrogen and oxygen atoms in total. The molecular weight excluding hydrogens is 396 g/mol. The van der Waals surface area contributed by atoms with E-state index in [1.165, 1.54) is 16.9 Å². The zero-order chi connectivity index (χ0) is 18.7. The van der Waals surface area contributed by atoms with Gasteiger partial charge in [0.25, 0.3) is 10.0 Å². The average Bonchev–Trinajstić information content (AvgIpc) is 3.13. The first-order valence-corrected chi connectivity index (χ1v) is 12.5. The standard InChI is InChI=1S/C20H22N2O2S3/c23-27(24,20-21-18-8-4-5-9-19(18)26-20)22-16-10-12-17(13-11-16)25-14-15-6-2-1-3-7-15/h1-9,16-17,22H,10-14H2. The fourth-order valence-electron chi connectivity index (χ4n) is 3.37. The Morgan fingerprint density at radius 2 is 1.70 bits per heavy atom. The molecule has 1 aliphatic rings. The highest BCUT2D eigenvalue weighted by atomic mass is 32.2. The Bertz CT molecular complexity index is 961. The summed E-state index contributed by atoms with van der Waals surface area (Å²) in [5, 5.41) is 0.605. The van der Waals surface area contributed by atoms with Gasteiger partial charge >= 0.3 is 0 Å². The van der Waals surface area contributed by atoms with Crippen LogP contribution in [0.4, 0.5) is 0 Å². The van der Waals surface area contributed by atoms with E-state index in [1.54, 1.807) is 0 Å². The van der Waals surface area contributed by atoms with Crippen molar-refractivity contribution in [3.05, 3.63) is 60.2 Å². The molecule has 7 heteroatoms. The number of nitrogens with zero attached hydrogens (tertiary/aromatic N) is 1. The molecule has 3 aromatic rings. The van der Waals surface area contributed by atoms with Crippen molar-refractivity contribution in [2.45, 2.75) is 47.1 Å². The Morgan fingerprint density at radius 3 is 2.44 bits per heavy atom. The second-order valence-corrected chi connectivity index (χ2v) is 11.0. The Balaban J connectivity index is 1.31. The monoisotopic (exact) mass is 418 g/mol. The van der Waals surface area contributed by atoms with Crippen molar-refractivity contribution in [3.63, 3.8) is 0 Å². The zero-order valence-electron chi connectivity index (χ0n) is 14.9. The van der Waals surface area contributed by atoms with Crippen LogP contribution < -0.4 is 4.72 Å². The molecule has 0 amide bonds. The second kappa shape index (κ2) is 8.31. The third-order valence-corrected chi connectivity index (χ3v) is 9.21.